The lowest BCUT2D eigenvalue weighted by Crippen LogP contribution is -2.28. The molecule has 11 aromatic rings. The molecule has 0 aliphatic heterocycles. The summed E-state index contributed by atoms with van der Waals surface area (Å²) in [5.74, 6) is 0. The first kappa shape index (κ1) is 38.6. The quantitative estimate of drug-likeness (QED) is 0.140. The molecular weight excluding hydrogens is 781 g/mol. The predicted octanol–water partition coefficient (Wildman–Crippen LogP) is 17.3. The van der Waals surface area contributed by atoms with E-state index in [0.29, 0.717) is 0 Å². The number of rotatable bonds is 7. The smallest absolute Gasteiger partial charge is 0.0622 e. The normalized spacial score (nSPS) is 12.6. The summed E-state index contributed by atoms with van der Waals surface area (Å²) in [6, 6.07) is 90.1. The fraction of sp³-hybridized carbons (Fsp3) is 0.0462. The predicted molar refractivity (Wildman–Crippen MR) is 275 cm³/mol. The van der Waals surface area contributed by atoms with Crippen molar-refractivity contribution >= 4 is 21.5 Å². The molecule has 0 fully saturated rings. The second-order valence-corrected chi connectivity index (χ2v) is 17.6. The zero-order valence-electron chi connectivity index (χ0n) is 36.6. The lowest BCUT2D eigenvalue weighted by molar-refractivity contribution is 0.769. The standard InChI is InChI=1S/C65H46/c1-43-38-60(44(2)37-59(43)50-40-48(45-21-7-3-8-22-45)39-49(41-50)46-23-9-4-10-24-46)64-57-32-17-15-30-55(57)63(56-31-16-18-33-58(56)64)47-35-36-54-53-29-19-20-34-61(53)65(62(54)42-47,51-25-11-5-12-26-51)52-27-13-6-14-28-52/h3-42H,1-2H3. The molecule has 65 heavy (non-hydrogen) atoms. The Morgan fingerprint density at radius 2 is 0.662 bits per heavy atom. The lowest BCUT2D eigenvalue weighted by Gasteiger charge is -2.34. The highest BCUT2D eigenvalue weighted by atomic mass is 14.5. The average Bonchev–Trinajstić information content (AvgIpc) is 3.67. The van der Waals surface area contributed by atoms with E-state index >= 15 is 0 Å². The van der Waals surface area contributed by atoms with Crippen LogP contribution in [0.5, 0.6) is 0 Å². The maximum absolute atomic E-state index is 2.51. The van der Waals surface area contributed by atoms with Crippen LogP contribution in [0, 0.1) is 13.8 Å². The largest absolute Gasteiger partial charge is 0.0713 e. The van der Waals surface area contributed by atoms with Gasteiger partial charge in [0, 0.05) is 0 Å². The van der Waals surface area contributed by atoms with Gasteiger partial charge in [0.1, 0.15) is 0 Å². The molecule has 0 heterocycles. The van der Waals surface area contributed by atoms with Gasteiger partial charge in [0.2, 0.25) is 0 Å². The summed E-state index contributed by atoms with van der Waals surface area (Å²) in [5, 5.41) is 5.03. The van der Waals surface area contributed by atoms with Gasteiger partial charge in [0.25, 0.3) is 0 Å². The summed E-state index contributed by atoms with van der Waals surface area (Å²) >= 11 is 0. The third-order valence-electron chi connectivity index (χ3n) is 14.0. The number of hydrogen-bond acceptors (Lipinski definition) is 0. The van der Waals surface area contributed by atoms with Crippen LogP contribution in [0.3, 0.4) is 0 Å². The molecule has 12 rings (SSSR count). The topological polar surface area (TPSA) is 0 Å². The van der Waals surface area contributed by atoms with Crippen molar-refractivity contribution in [2.75, 3.05) is 0 Å². The van der Waals surface area contributed by atoms with Crippen LogP contribution >= 0.6 is 0 Å². The third kappa shape index (κ3) is 6.21. The minimum Gasteiger partial charge on any atom is -0.0622 e. The number of fused-ring (bicyclic) bond motifs is 5. The third-order valence-corrected chi connectivity index (χ3v) is 14.0. The summed E-state index contributed by atoms with van der Waals surface area (Å²) in [6.07, 6.45) is 0. The zero-order chi connectivity index (χ0) is 43.5. The van der Waals surface area contributed by atoms with E-state index in [1.165, 1.54) is 122 Å². The molecule has 0 spiro atoms. The molecule has 306 valence electrons. The van der Waals surface area contributed by atoms with Gasteiger partial charge in [-0.2, -0.15) is 0 Å². The second-order valence-electron chi connectivity index (χ2n) is 17.6. The van der Waals surface area contributed by atoms with E-state index in [2.05, 4.69) is 257 Å². The summed E-state index contributed by atoms with van der Waals surface area (Å²) in [4.78, 5) is 0. The SMILES string of the molecule is Cc1cc(-c2c3ccccc3c(-c3ccc4c(c3)C(c3ccccc3)(c3ccccc3)c3ccccc3-4)c3ccccc23)c(C)cc1-c1cc(-c2ccccc2)cc(-c2ccccc2)c1. The molecule has 0 radical (unpaired) electrons. The van der Waals surface area contributed by atoms with E-state index in [0.717, 1.165) is 0 Å². The summed E-state index contributed by atoms with van der Waals surface area (Å²) in [7, 11) is 0. The highest BCUT2D eigenvalue weighted by Crippen LogP contribution is 2.57. The molecule has 0 heteroatoms. The summed E-state index contributed by atoms with van der Waals surface area (Å²) in [5.41, 5.74) is 22.2. The van der Waals surface area contributed by atoms with Gasteiger partial charge >= 0.3 is 0 Å². The first-order valence-corrected chi connectivity index (χ1v) is 22.7. The summed E-state index contributed by atoms with van der Waals surface area (Å²) < 4.78 is 0. The van der Waals surface area contributed by atoms with Crippen LogP contribution in [0.1, 0.15) is 33.4 Å². The molecule has 0 bridgehead atoms. The van der Waals surface area contributed by atoms with Crippen LogP contribution in [-0.2, 0) is 5.41 Å². The van der Waals surface area contributed by atoms with Gasteiger partial charge in [-0.25, -0.2) is 0 Å². The molecule has 1 aliphatic carbocycles. The van der Waals surface area contributed by atoms with E-state index in [1.807, 2.05) is 0 Å². The Hall–Kier alpha value is -8.06. The van der Waals surface area contributed by atoms with E-state index < -0.39 is 5.41 Å². The van der Waals surface area contributed by atoms with Crippen molar-refractivity contribution in [3.63, 3.8) is 0 Å². The van der Waals surface area contributed by atoms with Crippen molar-refractivity contribution in [2.45, 2.75) is 19.3 Å². The Morgan fingerprint density at radius 3 is 1.22 bits per heavy atom. The molecule has 0 unspecified atom stereocenters. The van der Waals surface area contributed by atoms with Crippen molar-refractivity contribution in [2.24, 2.45) is 0 Å². The van der Waals surface area contributed by atoms with Gasteiger partial charge in [-0.15, -0.1) is 0 Å². The minimum atomic E-state index is -0.477. The fourth-order valence-corrected chi connectivity index (χ4v) is 11.1. The van der Waals surface area contributed by atoms with Crippen molar-refractivity contribution in [1.82, 2.24) is 0 Å². The van der Waals surface area contributed by atoms with Crippen LogP contribution in [0.15, 0.2) is 243 Å². The Kier molecular flexibility index (Phi) is 9.28. The van der Waals surface area contributed by atoms with Crippen molar-refractivity contribution in [1.29, 1.82) is 0 Å². The van der Waals surface area contributed by atoms with Gasteiger partial charge < -0.3 is 0 Å². The maximum Gasteiger partial charge on any atom is 0.0713 e. The highest BCUT2D eigenvalue weighted by molar-refractivity contribution is 6.22. The number of aryl methyl sites for hydroxylation is 2. The first-order valence-electron chi connectivity index (χ1n) is 22.7. The number of hydrogen-bond donors (Lipinski definition) is 0. The van der Waals surface area contributed by atoms with Crippen molar-refractivity contribution < 1.29 is 0 Å². The molecule has 1 aliphatic rings. The van der Waals surface area contributed by atoms with Crippen molar-refractivity contribution in [3.05, 3.63) is 276 Å². The molecule has 0 saturated heterocycles. The average molecular weight is 827 g/mol. The van der Waals surface area contributed by atoms with Crippen LogP contribution in [0.25, 0.3) is 88.3 Å². The monoisotopic (exact) mass is 826 g/mol. The molecular formula is C65H46. The molecule has 0 amide bonds. The van der Waals surface area contributed by atoms with Gasteiger partial charge in [-0.05, 0) is 160 Å². The lowest BCUT2D eigenvalue weighted by atomic mass is 9.67. The first-order chi connectivity index (χ1) is 32.1. The fourth-order valence-electron chi connectivity index (χ4n) is 11.1. The Labute approximate surface area is 381 Å². The molecule has 0 aromatic heterocycles. The molecule has 11 aromatic carbocycles. The van der Waals surface area contributed by atoms with E-state index in [4.69, 9.17) is 0 Å². The van der Waals surface area contributed by atoms with Gasteiger partial charge in [-0.1, -0.05) is 218 Å². The van der Waals surface area contributed by atoms with E-state index in [-0.39, 0.29) is 0 Å². The zero-order valence-corrected chi connectivity index (χ0v) is 36.6. The summed E-state index contributed by atoms with van der Waals surface area (Å²) in [6.45, 7) is 4.57. The van der Waals surface area contributed by atoms with Crippen molar-refractivity contribution in [3.8, 4) is 66.8 Å². The van der Waals surface area contributed by atoms with Gasteiger partial charge in [-0.3, -0.25) is 0 Å². The van der Waals surface area contributed by atoms with Gasteiger partial charge in [0.15, 0.2) is 0 Å². The molecule has 0 saturated carbocycles. The molecule has 0 nitrogen and oxygen atoms in total. The Morgan fingerprint density at radius 1 is 0.246 bits per heavy atom. The Bertz CT molecular complexity index is 3430. The number of benzene rings is 11. The molecule has 0 atom stereocenters. The minimum absolute atomic E-state index is 0.477. The van der Waals surface area contributed by atoms with E-state index in [1.54, 1.807) is 0 Å². The van der Waals surface area contributed by atoms with E-state index in [9.17, 15) is 0 Å². The van der Waals surface area contributed by atoms with Crippen LogP contribution < -0.4 is 0 Å². The van der Waals surface area contributed by atoms with Gasteiger partial charge in [0.05, 0.1) is 5.41 Å². The van der Waals surface area contributed by atoms with Crippen LogP contribution in [0.4, 0.5) is 0 Å². The van der Waals surface area contributed by atoms with Crippen LogP contribution in [0.2, 0.25) is 0 Å². The van der Waals surface area contributed by atoms with Crippen LogP contribution in [-0.4, -0.2) is 0 Å². The maximum atomic E-state index is 2.51. The second kappa shape index (κ2) is 15.6. The Balaban J connectivity index is 1.06. The molecule has 0 N–H and O–H groups in total. The highest BCUT2D eigenvalue weighted by Gasteiger charge is 2.46.